The Balaban J connectivity index is 2.03. The zero-order valence-corrected chi connectivity index (χ0v) is 14.0. The first kappa shape index (κ1) is 14.4. The van der Waals surface area contributed by atoms with E-state index in [0.717, 1.165) is 18.3 Å². The Morgan fingerprint density at radius 1 is 0.952 bits per heavy atom. The second-order valence-corrected chi connectivity index (χ2v) is 7.14. The van der Waals surface area contributed by atoms with Crippen LogP contribution in [0.1, 0.15) is 48.6 Å². The van der Waals surface area contributed by atoms with Gasteiger partial charge >= 0.3 is 0 Å². The Labute approximate surface area is 129 Å². The average Bonchev–Trinajstić information content (AvgIpc) is 2.78. The quantitative estimate of drug-likeness (QED) is 0.575. The van der Waals surface area contributed by atoms with Crippen LogP contribution in [0.15, 0.2) is 30.3 Å². The Bertz CT molecular complexity index is 677. The predicted octanol–water partition coefficient (Wildman–Crippen LogP) is 5.71. The number of hydrogen-bond acceptors (Lipinski definition) is 0. The van der Waals surface area contributed by atoms with Crippen molar-refractivity contribution in [3.63, 3.8) is 0 Å². The van der Waals surface area contributed by atoms with E-state index in [1.165, 1.54) is 34.2 Å². The van der Waals surface area contributed by atoms with E-state index in [-0.39, 0.29) is 0 Å². The van der Waals surface area contributed by atoms with Gasteiger partial charge < -0.3 is 0 Å². The summed E-state index contributed by atoms with van der Waals surface area (Å²) < 4.78 is 0. The molecule has 0 spiro atoms. The molecule has 0 bridgehead atoms. The molecule has 3 rings (SSSR count). The van der Waals surface area contributed by atoms with Crippen molar-refractivity contribution in [2.75, 3.05) is 0 Å². The molecule has 0 aromatic heterocycles. The zero-order valence-electron chi connectivity index (χ0n) is 14.0. The topological polar surface area (TPSA) is 0 Å². The molecule has 1 atom stereocenters. The van der Waals surface area contributed by atoms with Crippen LogP contribution in [-0.2, 0) is 12.8 Å². The lowest BCUT2D eigenvalue weighted by Gasteiger charge is -2.17. The molecule has 0 N–H and O–H groups in total. The second kappa shape index (κ2) is 5.33. The minimum Gasteiger partial charge on any atom is -0.0625 e. The van der Waals surface area contributed by atoms with Gasteiger partial charge in [-0.15, -0.1) is 0 Å². The van der Waals surface area contributed by atoms with Crippen LogP contribution in [0.4, 0.5) is 0 Å². The maximum atomic E-state index is 2.39. The fraction of sp³-hybridized carbons (Fsp3) is 0.429. The Kier molecular flexibility index (Phi) is 3.65. The molecule has 1 aliphatic rings. The summed E-state index contributed by atoms with van der Waals surface area (Å²) in [4.78, 5) is 0. The first-order chi connectivity index (χ1) is 9.97. The summed E-state index contributed by atoms with van der Waals surface area (Å²) in [5.41, 5.74) is 10.4. The summed E-state index contributed by atoms with van der Waals surface area (Å²) in [5, 5.41) is 0. The molecule has 0 fully saturated rings. The van der Waals surface area contributed by atoms with Gasteiger partial charge in [-0.1, -0.05) is 51.1 Å². The van der Waals surface area contributed by atoms with Gasteiger partial charge in [-0.05, 0) is 77.5 Å². The molecule has 0 aliphatic heterocycles. The molecule has 0 saturated heterocycles. The summed E-state index contributed by atoms with van der Waals surface area (Å²) >= 11 is 0. The molecule has 110 valence electrons. The molecule has 1 unspecified atom stereocenters. The minimum absolute atomic E-state index is 0.740. The average molecular weight is 278 g/mol. The van der Waals surface area contributed by atoms with Crippen LogP contribution in [0, 0.1) is 25.7 Å². The molecule has 2 aromatic rings. The summed E-state index contributed by atoms with van der Waals surface area (Å²) in [6.45, 7) is 11.5. The van der Waals surface area contributed by atoms with E-state index in [1.54, 1.807) is 11.1 Å². The van der Waals surface area contributed by atoms with Crippen molar-refractivity contribution in [2.24, 2.45) is 11.8 Å². The smallest absolute Gasteiger partial charge is 0.00106 e. The van der Waals surface area contributed by atoms with Gasteiger partial charge in [-0.2, -0.15) is 0 Å². The predicted molar refractivity (Wildman–Crippen MR) is 91.9 cm³/mol. The minimum atomic E-state index is 0.740. The molecule has 0 nitrogen and oxygen atoms in total. The van der Waals surface area contributed by atoms with E-state index in [0.29, 0.717) is 0 Å². The molecule has 0 heterocycles. The van der Waals surface area contributed by atoms with Gasteiger partial charge in [0.25, 0.3) is 0 Å². The fourth-order valence-electron chi connectivity index (χ4n) is 3.33. The van der Waals surface area contributed by atoms with Crippen LogP contribution in [0.3, 0.4) is 0 Å². The van der Waals surface area contributed by atoms with E-state index >= 15 is 0 Å². The normalized spacial score (nSPS) is 14.2. The molecule has 1 aliphatic carbocycles. The summed E-state index contributed by atoms with van der Waals surface area (Å²) in [6.07, 6.45) is 2.32. The largest absolute Gasteiger partial charge is 0.0625 e. The number of fused-ring (bicyclic) bond motifs is 3. The third-order valence-electron chi connectivity index (χ3n) is 5.33. The number of aryl methyl sites for hydroxylation is 2. The van der Waals surface area contributed by atoms with Crippen LogP contribution < -0.4 is 0 Å². The van der Waals surface area contributed by atoms with Crippen molar-refractivity contribution in [3.8, 4) is 11.1 Å². The molecular formula is C21H26. The summed E-state index contributed by atoms with van der Waals surface area (Å²) in [6, 6.07) is 11.7. The monoisotopic (exact) mass is 278 g/mol. The molecule has 0 amide bonds. The summed E-state index contributed by atoms with van der Waals surface area (Å²) in [5.74, 6) is 1.48. The highest BCUT2D eigenvalue weighted by molar-refractivity contribution is 5.79. The van der Waals surface area contributed by atoms with Crippen molar-refractivity contribution < 1.29 is 0 Å². The van der Waals surface area contributed by atoms with Crippen LogP contribution in [0.25, 0.3) is 11.1 Å². The van der Waals surface area contributed by atoms with E-state index in [1.807, 2.05) is 0 Å². The Morgan fingerprint density at radius 2 is 1.67 bits per heavy atom. The lowest BCUT2D eigenvalue weighted by atomic mass is 9.88. The van der Waals surface area contributed by atoms with Crippen LogP contribution in [-0.4, -0.2) is 0 Å². The van der Waals surface area contributed by atoms with E-state index in [2.05, 4.69) is 65.0 Å². The van der Waals surface area contributed by atoms with E-state index in [4.69, 9.17) is 0 Å². The summed E-state index contributed by atoms with van der Waals surface area (Å²) in [7, 11) is 0. The van der Waals surface area contributed by atoms with Crippen molar-refractivity contribution in [1.29, 1.82) is 0 Å². The fourth-order valence-corrected chi connectivity index (χ4v) is 3.33. The molecule has 0 radical (unpaired) electrons. The van der Waals surface area contributed by atoms with Gasteiger partial charge in [0.1, 0.15) is 0 Å². The third-order valence-corrected chi connectivity index (χ3v) is 5.33. The first-order valence-electron chi connectivity index (χ1n) is 8.18. The molecule has 2 aromatic carbocycles. The highest BCUT2D eigenvalue weighted by atomic mass is 14.3. The van der Waals surface area contributed by atoms with Crippen molar-refractivity contribution >= 4 is 0 Å². The SMILES string of the molecule is Cc1cc2c(cc1C)-c1cccc(CC(C)C(C)C)c1C2. The van der Waals surface area contributed by atoms with Crippen molar-refractivity contribution in [1.82, 2.24) is 0 Å². The highest BCUT2D eigenvalue weighted by Crippen LogP contribution is 2.40. The van der Waals surface area contributed by atoms with Gasteiger partial charge in [-0.25, -0.2) is 0 Å². The Morgan fingerprint density at radius 3 is 2.38 bits per heavy atom. The van der Waals surface area contributed by atoms with Gasteiger partial charge in [0.15, 0.2) is 0 Å². The van der Waals surface area contributed by atoms with Gasteiger partial charge in [0.05, 0.1) is 0 Å². The molecule has 0 heteroatoms. The Hall–Kier alpha value is -1.56. The third kappa shape index (κ3) is 2.52. The van der Waals surface area contributed by atoms with Crippen LogP contribution >= 0.6 is 0 Å². The van der Waals surface area contributed by atoms with Crippen molar-refractivity contribution in [2.45, 2.75) is 47.5 Å². The van der Waals surface area contributed by atoms with Gasteiger partial charge in [0, 0.05) is 0 Å². The van der Waals surface area contributed by atoms with Crippen molar-refractivity contribution in [3.05, 3.63) is 58.1 Å². The first-order valence-corrected chi connectivity index (χ1v) is 8.18. The maximum Gasteiger partial charge on any atom is -0.00106 e. The molecule has 0 saturated carbocycles. The lowest BCUT2D eigenvalue weighted by Crippen LogP contribution is -2.08. The molecule has 21 heavy (non-hydrogen) atoms. The standard InChI is InChI=1S/C21H26/c1-13(2)14(3)9-17-7-6-8-19-20-11-16(5)15(4)10-18(20)12-21(17)19/h6-8,10-11,13-14H,9,12H2,1-5H3. The second-order valence-electron chi connectivity index (χ2n) is 7.14. The van der Waals surface area contributed by atoms with E-state index < -0.39 is 0 Å². The van der Waals surface area contributed by atoms with Gasteiger partial charge in [-0.3, -0.25) is 0 Å². The van der Waals surface area contributed by atoms with Crippen LogP contribution in [0.2, 0.25) is 0 Å². The number of rotatable bonds is 3. The number of hydrogen-bond donors (Lipinski definition) is 0. The highest BCUT2D eigenvalue weighted by Gasteiger charge is 2.22. The number of benzene rings is 2. The maximum absolute atomic E-state index is 2.39. The lowest BCUT2D eigenvalue weighted by molar-refractivity contribution is 0.416. The molecular weight excluding hydrogens is 252 g/mol. The van der Waals surface area contributed by atoms with E-state index in [9.17, 15) is 0 Å². The zero-order chi connectivity index (χ0) is 15.1. The van der Waals surface area contributed by atoms with Crippen LogP contribution in [0.5, 0.6) is 0 Å². The van der Waals surface area contributed by atoms with Gasteiger partial charge in [0.2, 0.25) is 0 Å².